The van der Waals surface area contributed by atoms with Crippen LogP contribution in [0.5, 0.6) is 0 Å². The molecule has 0 spiro atoms. The van der Waals surface area contributed by atoms with Crippen molar-refractivity contribution in [2.24, 2.45) is 5.41 Å². The van der Waals surface area contributed by atoms with E-state index in [9.17, 15) is 15.0 Å². The molecule has 0 aromatic heterocycles. The summed E-state index contributed by atoms with van der Waals surface area (Å²) < 4.78 is 5.37. The molecule has 0 aromatic carbocycles. The van der Waals surface area contributed by atoms with Gasteiger partial charge in [0.05, 0.1) is 24.2 Å². The van der Waals surface area contributed by atoms with Gasteiger partial charge in [-0.2, -0.15) is 0 Å². The molecule has 0 radical (unpaired) electrons. The Morgan fingerprint density at radius 2 is 1.95 bits per heavy atom. The summed E-state index contributed by atoms with van der Waals surface area (Å²) in [6.07, 6.45) is 1.62. The second kappa shape index (κ2) is 7.22. The molecule has 1 aliphatic rings. The molecule has 1 heterocycles. The predicted molar refractivity (Wildman–Crippen MR) is 73.1 cm³/mol. The number of piperidine rings is 1. The minimum Gasteiger partial charge on any atom is -0.481 e. The number of aliphatic carboxylic acids is 1. The first-order chi connectivity index (χ1) is 8.89. The van der Waals surface area contributed by atoms with Gasteiger partial charge in [-0.25, -0.2) is 0 Å². The molecule has 0 aliphatic carbocycles. The largest absolute Gasteiger partial charge is 0.481 e. The second-order valence-electron chi connectivity index (χ2n) is 5.78. The van der Waals surface area contributed by atoms with E-state index in [1.165, 1.54) is 0 Å². The first-order valence-corrected chi connectivity index (χ1v) is 7.15. The summed E-state index contributed by atoms with van der Waals surface area (Å²) in [5, 5.41) is 19.2. The number of ether oxygens (including phenoxy) is 1. The number of rotatable bonds is 7. The van der Waals surface area contributed by atoms with E-state index in [4.69, 9.17) is 4.74 Å². The number of aliphatic hydroxyl groups excluding tert-OH is 1. The van der Waals surface area contributed by atoms with E-state index in [0.717, 1.165) is 13.1 Å². The van der Waals surface area contributed by atoms with Crippen molar-refractivity contribution in [3.05, 3.63) is 0 Å². The van der Waals surface area contributed by atoms with Gasteiger partial charge in [0.1, 0.15) is 0 Å². The Balaban J connectivity index is 2.35. The molecule has 1 atom stereocenters. The average Bonchev–Trinajstić information content (AvgIpc) is 2.37. The maximum absolute atomic E-state index is 11.3. The highest BCUT2D eigenvalue weighted by Gasteiger charge is 2.39. The van der Waals surface area contributed by atoms with Gasteiger partial charge >= 0.3 is 5.97 Å². The van der Waals surface area contributed by atoms with Crippen LogP contribution in [0.4, 0.5) is 0 Å². The van der Waals surface area contributed by atoms with Crippen LogP contribution in [-0.2, 0) is 9.53 Å². The molecular weight excluding hydrogens is 246 g/mol. The van der Waals surface area contributed by atoms with Crippen LogP contribution in [0.25, 0.3) is 0 Å². The van der Waals surface area contributed by atoms with Crippen LogP contribution in [0.3, 0.4) is 0 Å². The zero-order valence-electron chi connectivity index (χ0n) is 12.3. The first kappa shape index (κ1) is 16.4. The van der Waals surface area contributed by atoms with Crippen molar-refractivity contribution < 1.29 is 19.7 Å². The van der Waals surface area contributed by atoms with E-state index in [0.29, 0.717) is 32.4 Å². The Kier molecular flexibility index (Phi) is 6.23. The molecule has 0 saturated carbocycles. The molecular formula is C14H27NO4. The Bertz CT molecular complexity index is 285. The predicted octanol–water partition coefficient (Wildman–Crippen LogP) is 1.35. The van der Waals surface area contributed by atoms with Crippen molar-refractivity contribution in [2.75, 3.05) is 26.2 Å². The summed E-state index contributed by atoms with van der Waals surface area (Å²) in [6, 6.07) is 0. The maximum Gasteiger partial charge on any atom is 0.309 e. The van der Waals surface area contributed by atoms with E-state index < -0.39 is 17.5 Å². The summed E-state index contributed by atoms with van der Waals surface area (Å²) in [7, 11) is 0. The fourth-order valence-electron chi connectivity index (χ4n) is 2.54. The van der Waals surface area contributed by atoms with Crippen LogP contribution < -0.4 is 0 Å². The number of β-amino-alcohol motifs (C(OH)–C–C–N with tert-alkyl or cyclic N) is 1. The van der Waals surface area contributed by atoms with E-state index in [-0.39, 0.29) is 6.10 Å². The topological polar surface area (TPSA) is 70.0 Å². The average molecular weight is 273 g/mol. The molecule has 1 unspecified atom stereocenters. The zero-order valence-corrected chi connectivity index (χ0v) is 12.3. The molecule has 1 fully saturated rings. The molecule has 19 heavy (non-hydrogen) atoms. The standard InChI is InChI=1S/C14H27NO4/c1-4-14(13(17)18)5-7-15(8-6-14)9-12(16)10-19-11(2)3/h11-12,16H,4-10H2,1-3H3,(H,17,18). The van der Waals surface area contributed by atoms with Gasteiger partial charge in [-0.3, -0.25) is 4.79 Å². The number of hydrogen-bond donors (Lipinski definition) is 2. The zero-order chi connectivity index (χ0) is 14.5. The smallest absolute Gasteiger partial charge is 0.309 e. The number of carboxylic acids is 1. The molecule has 2 N–H and O–H groups in total. The van der Waals surface area contributed by atoms with Crippen LogP contribution >= 0.6 is 0 Å². The minimum atomic E-state index is -0.682. The highest BCUT2D eigenvalue weighted by Crippen LogP contribution is 2.35. The number of aliphatic hydroxyl groups is 1. The number of carboxylic acid groups (broad SMARTS) is 1. The summed E-state index contributed by atoms with van der Waals surface area (Å²) in [6.45, 7) is 8.19. The first-order valence-electron chi connectivity index (χ1n) is 7.15. The third-order valence-corrected chi connectivity index (χ3v) is 4.03. The number of carbonyl (C=O) groups is 1. The number of likely N-dealkylation sites (tertiary alicyclic amines) is 1. The Labute approximate surface area is 115 Å². The number of hydrogen-bond acceptors (Lipinski definition) is 4. The molecule has 1 aliphatic heterocycles. The fraction of sp³-hybridized carbons (Fsp3) is 0.929. The lowest BCUT2D eigenvalue weighted by molar-refractivity contribution is -0.152. The Morgan fingerprint density at radius 3 is 2.37 bits per heavy atom. The van der Waals surface area contributed by atoms with Crippen LogP contribution in [0, 0.1) is 5.41 Å². The van der Waals surface area contributed by atoms with Gasteiger partial charge < -0.3 is 19.8 Å². The summed E-state index contributed by atoms with van der Waals surface area (Å²) in [5.41, 5.74) is -0.560. The minimum absolute atomic E-state index is 0.121. The highest BCUT2D eigenvalue weighted by molar-refractivity contribution is 5.74. The summed E-state index contributed by atoms with van der Waals surface area (Å²) >= 11 is 0. The van der Waals surface area contributed by atoms with Gasteiger partial charge in [0.15, 0.2) is 0 Å². The Hall–Kier alpha value is -0.650. The van der Waals surface area contributed by atoms with Crippen molar-refractivity contribution in [1.29, 1.82) is 0 Å². The fourth-order valence-corrected chi connectivity index (χ4v) is 2.54. The van der Waals surface area contributed by atoms with Gasteiger partial charge in [-0.1, -0.05) is 6.92 Å². The van der Waals surface area contributed by atoms with Crippen molar-refractivity contribution in [1.82, 2.24) is 4.90 Å². The van der Waals surface area contributed by atoms with Crippen molar-refractivity contribution >= 4 is 5.97 Å². The van der Waals surface area contributed by atoms with Crippen LogP contribution in [0.15, 0.2) is 0 Å². The molecule has 1 rings (SSSR count). The third kappa shape index (κ3) is 4.75. The van der Waals surface area contributed by atoms with Gasteiger partial charge in [0, 0.05) is 6.54 Å². The second-order valence-corrected chi connectivity index (χ2v) is 5.78. The van der Waals surface area contributed by atoms with Crippen molar-refractivity contribution in [3.63, 3.8) is 0 Å². The molecule has 5 heteroatoms. The van der Waals surface area contributed by atoms with Crippen molar-refractivity contribution in [2.45, 2.75) is 52.2 Å². The van der Waals surface area contributed by atoms with E-state index in [2.05, 4.69) is 4.90 Å². The molecule has 1 saturated heterocycles. The van der Waals surface area contributed by atoms with Gasteiger partial charge in [0.25, 0.3) is 0 Å². The van der Waals surface area contributed by atoms with Crippen LogP contribution in [-0.4, -0.2) is 59.5 Å². The summed E-state index contributed by atoms with van der Waals surface area (Å²) in [4.78, 5) is 13.5. The monoisotopic (exact) mass is 273 g/mol. The van der Waals surface area contributed by atoms with Gasteiger partial charge in [-0.05, 0) is 46.2 Å². The highest BCUT2D eigenvalue weighted by atomic mass is 16.5. The third-order valence-electron chi connectivity index (χ3n) is 4.03. The molecule has 112 valence electrons. The van der Waals surface area contributed by atoms with E-state index >= 15 is 0 Å². The van der Waals surface area contributed by atoms with Crippen LogP contribution in [0.1, 0.15) is 40.0 Å². The molecule has 0 amide bonds. The molecule has 0 aromatic rings. The summed E-state index contributed by atoms with van der Waals surface area (Å²) in [5.74, 6) is -0.682. The Morgan fingerprint density at radius 1 is 1.37 bits per heavy atom. The lowest BCUT2D eigenvalue weighted by atomic mass is 9.76. The lowest BCUT2D eigenvalue weighted by Crippen LogP contribution is -2.46. The molecule has 5 nitrogen and oxygen atoms in total. The van der Waals surface area contributed by atoms with Crippen LogP contribution in [0.2, 0.25) is 0 Å². The normalized spacial score (nSPS) is 21.5. The van der Waals surface area contributed by atoms with Gasteiger partial charge in [-0.15, -0.1) is 0 Å². The SMILES string of the molecule is CCC1(C(=O)O)CCN(CC(O)COC(C)C)CC1. The number of nitrogens with zero attached hydrogens (tertiary/aromatic N) is 1. The lowest BCUT2D eigenvalue weighted by Gasteiger charge is -2.39. The van der Waals surface area contributed by atoms with E-state index in [1.54, 1.807) is 0 Å². The quantitative estimate of drug-likeness (QED) is 0.732. The molecule has 0 bridgehead atoms. The van der Waals surface area contributed by atoms with Gasteiger partial charge in [0.2, 0.25) is 0 Å². The maximum atomic E-state index is 11.3. The van der Waals surface area contributed by atoms with Crippen molar-refractivity contribution in [3.8, 4) is 0 Å². The van der Waals surface area contributed by atoms with E-state index in [1.807, 2.05) is 20.8 Å².